The third-order valence-corrected chi connectivity index (χ3v) is 10.3. The number of hydrogen-bond donors (Lipinski definition) is 0. The third-order valence-electron chi connectivity index (χ3n) is 8.43. The van der Waals surface area contributed by atoms with Crippen molar-refractivity contribution in [3.8, 4) is 0 Å². The van der Waals surface area contributed by atoms with Gasteiger partial charge < -0.3 is 4.90 Å². The maximum atomic E-state index is 13.4. The van der Waals surface area contributed by atoms with E-state index < -0.39 is 32.7 Å². The maximum absolute atomic E-state index is 13.4. The molecule has 2 aromatic carbocycles. The second-order valence-electron chi connectivity index (χ2n) is 11.0. The Morgan fingerprint density at radius 3 is 2.33 bits per heavy atom. The molecule has 39 heavy (non-hydrogen) atoms. The second kappa shape index (κ2) is 12.1. The van der Waals surface area contributed by atoms with Gasteiger partial charge in [0, 0.05) is 25.2 Å². The van der Waals surface area contributed by atoms with E-state index in [1.54, 1.807) is 0 Å². The molecule has 10 heteroatoms. The lowest BCUT2D eigenvalue weighted by atomic mass is 9.81. The van der Waals surface area contributed by atoms with Gasteiger partial charge in [-0.15, -0.1) is 0 Å². The van der Waals surface area contributed by atoms with Crippen molar-refractivity contribution in [1.82, 2.24) is 14.1 Å². The molecule has 0 N–H and O–H groups in total. The van der Waals surface area contributed by atoms with Crippen molar-refractivity contribution < 1.29 is 26.4 Å². The molecule has 0 radical (unpaired) electrons. The van der Waals surface area contributed by atoms with Crippen LogP contribution in [0.4, 0.5) is 13.2 Å². The zero-order valence-corrected chi connectivity index (χ0v) is 23.5. The average Bonchev–Trinajstić information content (AvgIpc) is 2.93. The van der Waals surface area contributed by atoms with Gasteiger partial charge in [-0.2, -0.15) is 17.5 Å². The first-order valence-electron chi connectivity index (χ1n) is 13.6. The lowest BCUT2D eigenvalue weighted by molar-refractivity contribution is -0.137. The maximum Gasteiger partial charge on any atom is 0.416 e. The molecule has 1 atom stereocenters. The minimum atomic E-state index is -4.65. The lowest BCUT2D eigenvalue weighted by Crippen LogP contribution is -2.55. The SMILES string of the molecule is CN(C)C1(CCc2ccccc2)CCN(CC(=O)C2CCCCN2S(=O)(=O)c2cccc(C(F)(F)F)c2)CC1. The van der Waals surface area contributed by atoms with Crippen LogP contribution in [0.25, 0.3) is 0 Å². The first-order chi connectivity index (χ1) is 18.4. The fraction of sp³-hybridized carbons (Fsp3) is 0.552. The van der Waals surface area contributed by atoms with Crippen LogP contribution < -0.4 is 0 Å². The smallest absolute Gasteiger partial charge is 0.304 e. The highest BCUT2D eigenvalue weighted by Gasteiger charge is 2.41. The van der Waals surface area contributed by atoms with E-state index in [1.807, 2.05) is 18.2 Å². The number of Topliss-reactive ketones (excluding diaryl/α,β-unsaturated/α-hetero) is 1. The predicted molar refractivity (Wildman–Crippen MR) is 145 cm³/mol. The van der Waals surface area contributed by atoms with Crippen LogP contribution in [-0.2, 0) is 27.4 Å². The number of hydrogen-bond acceptors (Lipinski definition) is 5. The molecule has 0 bridgehead atoms. The zero-order chi connectivity index (χ0) is 28.3. The first kappa shape index (κ1) is 29.7. The topological polar surface area (TPSA) is 60.9 Å². The van der Waals surface area contributed by atoms with Crippen LogP contribution in [0.3, 0.4) is 0 Å². The van der Waals surface area contributed by atoms with Gasteiger partial charge in [-0.25, -0.2) is 8.42 Å². The van der Waals surface area contributed by atoms with E-state index in [-0.39, 0.29) is 24.4 Å². The van der Waals surface area contributed by atoms with Gasteiger partial charge in [0.05, 0.1) is 23.0 Å². The van der Waals surface area contributed by atoms with Crippen molar-refractivity contribution in [2.45, 2.75) is 67.6 Å². The van der Waals surface area contributed by atoms with Crippen molar-refractivity contribution in [2.75, 3.05) is 40.3 Å². The summed E-state index contributed by atoms with van der Waals surface area (Å²) in [4.78, 5) is 17.4. The second-order valence-corrected chi connectivity index (χ2v) is 12.9. The average molecular weight is 566 g/mol. The molecule has 0 spiro atoms. The van der Waals surface area contributed by atoms with Gasteiger partial charge in [-0.3, -0.25) is 9.69 Å². The first-order valence-corrected chi connectivity index (χ1v) is 15.0. The zero-order valence-electron chi connectivity index (χ0n) is 22.7. The van der Waals surface area contributed by atoms with Crippen LogP contribution in [-0.4, -0.2) is 80.2 Å². The molecule has 6 nitrogen and oxygen atoms in total. The van der Waals surface area contributed by atoms with Gasteiger partial charge in [-0.05, 0) is 76.4 Å². The van der Waals surface area contributed by atoms with Gasteiger partial charge in [0.2, 0.25) is 10.0 Å². The Morgan fingerprint density at radius 1 is 1.00 bits per heavy atom. The lowest BCUT2D eigenvalue weighted by Gasteiger charge is -2.46. The number of ketones is 1. The molecule has 2 aromatic rings. The number of carbonyl (C=O) groups is 1. The summed E-state index contributed by atoms with van der Waals surface area (Å²) < 4.78 is 67.6. The van der Waals surface area contributed by atoms with E-state index in [9.17, 15) is 26.4 Å². The van der Waals surface area contributed by atoms with E-state index >= 15 is 0 Å². The van der Waals surface area contributed by atoms with Crippen molar-refractivity contribution in [2.24, 2.45) is 0 Å². The largest absolute Gasteiger partial charge is 0.416 e. The number of carbonyl (C=O) groups excluding carboxylic acids is 1. The van der Waals surface area contributed by atoms with E-state index in [2.05, 4.69) is 36.0 Å². The Morgan fingerprint density at radius 2 is 1.69 bits per heavy atom. The van der Waals surface area contributed by atoms with E-state index in [1.165, 1.54) is 11.6 Å². The summed E-state index contributed by atoms with van der Waals surface area (Å²) in [6.45, 7) is 1.72. The minimum absolute atomic E-state index is 0.0269. The number of nitrogens with zero attached hydrogens (tertiary/aromatic N) is 3. The van der Waals surface area contributed by atoms with E-state index in [0.29, 0.717) is 25.3 Å². The molecule has 4 rings (SSSR count). The Bertz CT molecular complexity index is 1230. The molecule has 0 saturated carbocycles. The van der Waals surface area contributed by atoms with Crippen molar-refractivity contribution in [3.05, 3.63) is 65.7 Å². The number of piperidine rings is 2. The highest BCUT2D eigenvalue weighted by atomic mass is 32.2. The van der Waals surface area contributed by atoms with Gasteiger partial charge in [-0.1, -0.05) is 42.8 Å². The summed E-state index contributed by atoms with van der Waals surface area (Å²) in [5.41, 5.74) is 0.308. The van der Waals surface area contributed by atoms with Gasteiger partial charge in [0.25, 0.3) is 0 Å². The number of rotatable bonds is 9. The molecule has 0 aromatic heterocycles. The molecule has 214 valence electrons. The fourth-order valence-electron chi connectivity index (χ4n) is 5.88. The predicted octanol–water partition coefficient (Wildman–Crippen LogP) is 4.85. The standard InChI is InChI=1S/C29H38F3N3O3S/c1-33(2)28(15-14-23-9-4-3-5-10-23)16-19-34(20-17-28)22-27(36)26-13-6-7-18-35(26)39(37,38)25-12-8-11-24(21-25)29(30,31)32/h3-5,8-12,21,26H,6-7,13-20,22H2,1-2H3. The summed E-state index contributed by atoms with van der Waals surface area (Å²) in [7, 11) is -0.0530. The van der Waals surface area contributed by atoms with Crippen LogP contribution >= 0.6 is 0 Å². The molecule has 2 fully saturated rings. The molecule has 0 amide bonds. The molecule has 2 aliphatic heterocycles. The Labute approximate surface area is 229 Å². The van der Waals surface area contributed by atoms with Crippen LogP contribution in [0.15, 0.2) is 59.5 Å². The minimum Gasteiger partial charge on any atom is -0.304 e. The van der Waals surface area contributed by atoms with Crippen LogP contribution in [0.1, 0.15) is 49.7 Å². The fourth-order valence-corrected chi connectivity index (χ4v) is 7.60. The highest BCUT2D eigenvalue weighted by molar-refractivity contribution is 7.89. The number of sulfonamides is 1. The third kappa shape index (κ3) is 6.90. The summed E-state index contributed by atoms with van der Waals surface area (Å²) >= 11 is 0. The monoisotopic (exact) mass is 565 g/mol. The summed E-state index contributed by atoms with van der Waals surface area (Å²) in [6, 6.07) is 13.3. The number of aryl methyl sites for hydroxylation is 1. The van der Waals surface area contributed by atoms with Crippen molar-refractivity contribution in [3.63, 3.8) is 0 Å². The highest BCUT2D eigenvalue weighted by Crippen LogP contribution is 2.34. The number of benzene rings is 2. The molecular weight excluding hydrogens is 527 g/mol. The van der Waals surface area contributed by atoms with Crippen molar-refractivity contribution >= 4 is 15.8 Å². The van der Waals surface area contributed by atoms with Crippen LogP contribution in [0, 0.1) is 0 Å². The van der Waals surface area contributed by atoms with E-state index in [0.717, 1.165) is 55.2 Å². The van der Waals surface area contributed by atoms with Gasteiger partial charge in [0.1, 0.15) is 0 Å². The quantitative estimate of drug-likeness (QED) is 0.435. The van der Waals surface area contributed by atoms with Gasteiger partial charge in [0.15, 0.2) is 5.78 Å². The number of alkyl halides is 3. The molecule has 0 aliphatic carbocycles. The molecule has 2 aliphatic rings. The van der Waals surface area contributed by atoms with Crippen molar-refractivity contribution in [1.29, 1.82) is 0 Å². The summed E-state index contributed by atoms with van der Waals surface area (Å²) in [5, 5.41) is 0. The molecule has 2 saturated heterocycles. The number of halogens is 3. The molecule has 1 unspecified atom stereocenters. The summed E-state index contributed by atoms with van der Waals surface area (Å²) in [5.74, 6) is -0.188. The van der Waals surface area contributed by atoms with E-state index in [4.69, 9.17) is 0 Å². The molecular formula is C29H38F3N3O3S. The molecule has 2 heterocycles. The Balaban J connectivity index is 1.42. The van der Waals surface area contributed by atoms with Gasteiger partial charge >= 0.3 is 6.18 Å². The van der Waals surface area contributed by atoms with Crippen LogP contribution in [0.5, 0.6) is 0 Å². The number of likely N-dealkylation sites (tertiary alicyclic amines) is 1. The van der Waals surface area contributed by atoms with Crippen LogP contribution in [0.2, 0.25) is 0 Å². The Hall–Kier alpha value is -2.27. The normalized spacial score (nSPS) is 21.2. The Kier molecular flexibility index (Phi) is 9.20. The summed E-state index contributed by atoms with van der Waals surface area (Å²) in [6.07, 6.45) is 0.782.